The molecule has 0 aliphatic rings. The highest BCUT2D eigenvalue weighted by Crippen LogP contribution is 2.24. The largest absolute Gasteiger partial charge is 0.323 e. The van der Waals surface area contributed by atoms with Crippen LogP contribution in [0, 0.1) is 0 Å². The van der Waals surface area contributed by atoms with Gasteiger partial charge in [0.25, 0.3) is 0 Å². The van der Waals surface area contributed by atoms with Gasteiger partial charge in [0.15, 0.2) is 0 Å². The molecule has 0 atom stereocenters. The molecule has 2 rings (SSSR count). The quantitative estimate of drug-likeness (QED) is 0.579. The fourth-order valence-electron chi connectivity index (χ4n) is 1.55. The monoisotopic (exact) mass is 436 g/mol. The molecule has 20 heavy (non-hydrogen) atoms. The molecule has 3 nitrogen and oxygen atoms in total. The smallest absolute Gasteiger partial charge is 0.308 e. The number of anilines is 2. The average Bonchev–Trinajstić information content (AvgIpc) is 2.24. The van der Waals surface area contributed by atoms with E-state index in [2.05, 4.69) is 42.5 Å². The van der Waals surface area contributed by atoms with E-state index in [1.165, 1.54) is 0 Å². The number of benzene rings is 2. The Morgan fingerprint density at radius 2 is 1.20 bits per heavy atom. The van der Waals surface area contributed by atoms with Gasteiger partial charge in [-0.25, -0.2) is 4.79 Å². The van der Waals surface area contributed by atoms with Crippen molar-refractivity contribution in [3.8, 4) is 0 Å². The number of hydrogen-bond acceptors (Lipinski definition) is 1. The van der Waals surface area contributed by atoms with Crippen LogP contribution >= 0.6 is 55.1 Å². The molecule has 0 unspecified atom stereocenters. The third kappa shape index (κ3) is 4.66. The molecule has 0 saturated heterocycles. The van der Waals surface area contributed by atoms with Crippen molar-refractivity contribution in [2.75, 3.05) is 10.6 Å². The molecule has 2 amide bonds. The van der Waals surface area contributed by atoms with Gasteiger partial charge in [0, 0.05) is 30.4 Å². The van der Waals surface area contributed by atoms with Crippen LogP contribution in [0.4, 0.5) is 16.2 Å². The number of rotatable bonds is 2. The number of halogens is 4. The Morgan fingerprint density at radius 3 is 1.55 bits per heavy atom. The highest BCUT2D eigenvalue weighted by atomic mass is 79.9. The van der Waals surface area contributed by atoms with E-state index < -0.39 is 0 Å². The molecule has 0 aromatic heterocycles. The summed E-state index contributed by atoms with van der Waals surface area (Å²) in [7, 11) is 0. The molecular formula is C13H8Br2Cl2N2O. The van der Waals surface area contributed by atoms with E-state index in [4.69, 9.17) is 23.2 Å². The minimum absolute atomic E-state index is 0.381. The summed E-state index contributed by atoms with van der Waals surface area (Å²) in [6.07, 6.45) is 0. The van der Waals surface area contributed by atoms with E-state index in [9.17, 15) is 4.79 Å². The van der Waals surface area contributed by atoms with Crippen molar-refractivity contribution in [2.45, 2.75) is 0 Å². The van der Waals surface area contributed by atoms with Gasteiger partial charge in [-0.2, -0.15) is 0 Å². The SMILES string of the molecule is O=C(Nc1cc(Cl)cc(Br)c1)Nc1cc(Cl)cc(Br)c1. The molecular weight excluding hydrogens is 431 g/mol. The van der Waals surface area contributed by atoms with Crippen LogP contribution in [0.3, 0.4) is 0 Å². The molecule has 0 radical (unpaired) electrons. The number of carbonyl (C=O) groups excluding carboxylic acids is 1. The van der Waals surface area contributed by atoms with E-state index in [0.717, 1.165) is 8.95 Å². The molecule has 2 N–H and O–H groups in total. The number of amides is 2. The van der Waals surface area contributed by atoms with Crippen LogP contribution in [0.25, 0.3) is 0 Å². The van der Waals surface area contributed by atoms with E-state index in [-0.39, 0.29) is 6.03 Å². The highest BCUT2D eigenvalue weighted by molar-refractivity contribution is 9.10. The fourth-order valence-corrected chi connectivity index (χ4v) is 3.27. The molecule has 0 aliphatic heterocycles. The minimum atomic E-state index is -0.381. The van der Waals surface area contributed by atoms with Crippen molar-refractivity contribution in [2.24, 2.45) is 0 Å². The summed E-state index contributed by atoms with van der Waals surface area (Å²) < 4.78 is 1.57. The van der Waals surface area contributed by atoms with Gasteiger partial charge in [-0.15, -0.1) is 0 Å². The van der Waals surface area contributed by atoms with Gasteiger partial charge in [0.2, 0.25) is 0 Å². The van der Waals surface area contributed by atoms with Gasteiger partial charge in [-0.1, -0.05) is 55.1 Å². The molecule has 2 aromatic rings. The van der Waals surface area contributed by atoms with Crippen LogP contribution in [0.1, 0.15) is 0 Å². The summed E-state index contributed by atoms with van der Waals surface area (Å²) in [5, 5.41) is 6.43. The third-order valence-electron chi connectivity index (χ3n) is 2.24. The van der Waals surface area contributed by atoms with Crippen molar-refractivity contribution >= 4 is 72.5 Å². The predicted molar refractivity (Wildman–Crippen MR) is 90.9 cm³/mol. The third-order valence-corrected chi connectivity index (χ3v) is 3.59. The van der Waals surface area contributed by atoms with Crippen LogP contribution in [0.15, 0.2) is 45.3 Å². The van der Waals surface area contributed by atoms with Crippen molar-refractivity contribution in [3.05, 3.63) is 55.4 Å². The molecule has 0 saturated carbocycles. The normalized spacial score (nSPS) is 10.2. The Kier molecular flexibility index (Phi) is 5.32. The van der Waals surface area contributed by atoms with Crippen LogP contribution in [-0.4, -0.2) is 6.03 Å². The second kappa shape index (κ2) is 6.80. The Balaban J connectivity index is 2.08. The maximum Gasteiger partial charge on any atom is 0.323 e. The zero-order chi connectivity index (χ0) is 14.7. The first-order chi connectivity index (χ1) is 9.42. The van der Waals surface area contributed by atoms with E-state index in [1.807, 2.05) is 0 Å². The Morgan fingerprint density at radius 1 is 0.800 bits per heavy atom. The molecule has 0 bridgehead atoms. The van der Waals surface area contributed by atoms with Crippen molar-refractivity contribution in [1.29, 1.82) is 0 Å². The van der Waals surface area contributed by atoms with Crippen LogP contribution in [-0.2, 0) is 0 Å². The van der Waals surface area contributed by atoms with E-state index >= 15 is 0 Å². The second-order valence-electron chi connectivity index (χ2n) is 3.90. The lowest BCUT2D eigenvalue weighted by Gasteiger charge is -2.09. The molecule has 0 spiro atoms. The van der Waals surface area contributed by atoms with Gasteiger partial charge >= 0.3 is 6.03 Å². The lowest BCUT2D eigenvalue weighted by molar-refractivity contribution is 0.262. The number of hydrogen-bond donors (Lipinski definition) is 2. The highest BCUT2D eigenvalue weighted by Gasteiger charge is 2.06. The van der Waals surface area contributed by atoms with E-state index in [0.29, 0.717) is 21.4 Å². The molecule has 7 heteroatoms. The summed E-state index contributed by atoms with van der Waals surface area (Å²) in [5.41, 5.74) is 1.17. The molecule has 2 aromatic carbocycles. The Labute approximate surface area is 142 Å². The lowest BCUT2D eigenvalue weighted by Crippen LogP contribution is -2.19. The zero-order valence-electron chi connectivity index (χ0n) is 9.88. The number of carbonyl (C=O) groups is 1. The molecule has 0 fully saturated rings. The van der Waals surface area contributed by atoms with Crippen LogP contribution in [0.5, 0.6) is 0 Å². The molecule has 0 heterocycles. The first-order valence-electron chi connectivity index (χ1n) is 5.42. The van der Waals surface area contributed by atoms with Crippen LogP contribution in [0.2, 0.25) is 10.0 Å². The Hall–Kier alpha value is -0.750. The fraction of sp³-hybridized carbons (Fsp3) is 0. The maximum atomic E-state index is 11.9. The van der Waals surface area contributed by atoms with Gasteiger partial charge in [0.1, 0.15) is 0 Å². The van der Waals surface area contributed by atoms with E-state index in [1.54, 1.807) is 36.4 Å². The first-order valence-corrected chi connectivity index (χ1v) is 7.77. The maximum absolute atomic E-state index is 11.9. The van der Waals surface area contributed by atoms with Crippen LogP contribution < -0.4 is 10.6 Å². The molecule has 104 valence electrons. The van der Waals surface area contributed by atoms with Gasteiger partial charge in [0.05, 0.1) is 0 Å². The standard InChI is InChI=1S/C13H8Br2Cl2N2O/c14-7-1-9(16)5-11(3-7)18-13(20)19-12-4-8(15)2-10(17)6-12/h1-6H,(H2,18,19,20). The summed E-state index contributed by atoms with van der Waals surface area (Å²) in [5.74, 6) is 0. The minimum Gasteiger partial charge on any atom is -0.308 e. The summed E-state index contributed by atoms with van der Waals surface area (Å²) in [4.78, 5) is 11.9. The summed E-state index contributed by atoms with van der Waals surface area (Å²) in [6, 6.07) is 9.89. The van der Waals surface area contributed by atoms with Crippen molar-refractivity contribution in [3.63, 3.8) is 0 Å². The molecule has 0 aliphatic carbocycles. The zero-order valence-corrected chi connectivity index (χ0v) is 14.6. The topological polar surface area (TPSA) is 41.1 Å². The van der Waals surface area contributed by atoms with Gasteiger partial charge in [-0.05, 0) is 36.4 Å². The number of urea groups is 1. The second-order valence-corrected chi connectivity index (χ2v) is 6.60. The number of nitrogens with one attached hydrogen (secondary N) is 2. The first kappa shape index (κ1) is 15.6. The Bertz CT molecular complexity index is 569. The van der Waals surface area contributed by atoms with Gasteiger partial charge < -0.3 is 10.6 Å². The average molecular weight is 439 g/mol. The van der Waals surface area contributed by atoms with Gasteiger partial charge in [-0.3, -0.25) is 0 Å². The summed E-state index contributed by atoms with van der Waals surface area (Å²) >= 11 is 18.4. The van der Waals surface area contributed by atoms with Crippen molar-refractivity contribution < 1.29 is 4.79 Å². The predicted octanol–water partition coefficient (Wildman–Crippen LogP) is 6.16. The summed E-state index contributed by atoms with van der Waals surface area (Å²) in [6.45, 7) is 0. The lowest BCUT2D eigenvalue weighted by atomic mass is 10.3. The van der Waals surface area contributed by atoms with Crippen molar-refractivity contribution in [1.82, 2.24) is 0 Å².